The Balaban J connectivity index is 1.40. The number of aromatic nitrogens is 4. The van der Waals surface area contributed by atoms with Gasteiger partial charge in [0.1, 0.15) is 12.4 Å². The number of rotatable bonds is 9. The van der Waals surface area contributed by atoms with Crippen LogP contribution in [-0.2, 0) is 11.3 Å². The largest absolute Gasteiger partial charge is 0.486 e. The number of nitrogens with zero attached hydrogens (tertiary/aromatic N) is 5. The lowest BCUT2D eigenvalue weighted by Crippen LogP contribution is -2.38. The van der Waals surface area contributed by atoms with E-state index in [9.17, 15) is 4.79 Å². The summed E-state index contributed by atoms with van der Waals surface area (Å²) in [7, 11) is 0. The Morgan fingerprint density at radius 2 is 2.00 bits per heavy atom. The molecule has 152 valence electrons. The molecule has 0 spiro atoms. The lowest BCUT2D eigenvalue weighted by atomic mass is 10.2. The minimum atomic E-state index is -0.0720. The first-order valence-corrected chi connectivity index (χ1v) is 9.71. The zero-order valence-corrected chi connectivity index (χ0v) is 16.5. The van der Waals surface area contributed by atoms with Crippen molar-refractivity contribution in [1.82, 2.24) is 30.4 Å². The molecule has 28 heavy (non-hydrogen) atoms. The van der Waals surface area contributed by atoms with E-state index in [1.54, 1.807) is 28.9 Å². The number of carbonyl (C=O) groups excluding carboxylic acids is 1. The first-order chi connectivity index (χ1) is 13.6. The number of ether oxygens (including phenoxy) is 2. The van der Waals surface area contributed by atoms with Crippen LogP contribution in [0.1, 0.15) is 42.5 Å². The summed E-state index contributed by atoms with van der Waals surface area (Å²) in [5, 5.41) is 14.6. The maximum atomic E-state index is 12.3. The quantitative estimate of drug-likeness (QED) is 0.647. The molecule has 2 heterocycles. The molecule has 1 aliphatic heterocycles. The van der Waals surface area contributed by atoms with Crippen LogP contribution in [0.5, 0.6) is 5.75 Å². The molecule has 1 saturated heterocycles. The lowest BCUT2D eigenvalue weighted by molar-refractivity contribution is 0.0374. The number of morpholine rings is 1. The first kappa shape index (κ1) is 20.2. The van der Waals surface area contributed by atoms with Crippen LogP contribution >= 0.6 is 0 Å². The Kier molecular flexibility index (Phi) is 7.32. The highest BCUT2D eigenvalue weighted by molar-refractivity contribution is 5.94. The van der Waals surface area contributed by atoms with Crippen molar-refractivity contribution in [3.8, 4) is 5.75 Å². The van der Waals surface area contributed by atoms with E-state index < -0.39 is 0 Å². The van der Waals surface area contributed by atoms with Crippen LogP contribution in [0.15, 0.2) is 24.3 Å². The van der Waals surface area contributed by atoms with Crippen molar-refractivity contribution >= 4 is 5.91 Å². The Morgan fingerprint density at radius 1 is 1.25 bits per heavy atom. The van der Waals surface area contributed by atoms with Crippen molar-refractivity contribution in [2.45, 2.75) is 32.9 Å². The monoisotopic (exact) mass is 388 g/mol. The molecular weight excluding hydrogens is 360 g/mol. The van der Waals surface area contributed by atoms with Gasteiger partial charge < -0.3 is 14.8 Å². The van der Waals surface area contributed by atoms with Gasteiger partial charge in [-0.1, -0.05) is 0 Å². The van der Waals surface area contributed by atoms with E-state index in [-0.39, 0.29) is 18.6 Å². The van der Waals surface area contributed by atoms with Gasteiger partial charge in [0, 0.05) is 25.2 Å². The minimum absolute atomic E-state index is 0.0720. The summed E-state index contributed by atoms with van der Waals surface area (Å²) >= 11 is 0. The summed E-state index contributed by atoms with van der Waals surface area (Å²) in [4.78, 5) is 14.6. The van der Waals surface area contributed by atoms with Gasteiger partial charge in [-0.2, -0.15) is 0 Å². The molecule has 0 aliphatic carbocycles. The molecule has 0 atom stereocenters. The Bertz CT molecular complexity index is 740. The first-order valence-electron chi connectivity index (χ1n) is 9.71. The molecule has 1 fully saturated rings. The molecule has 1 N–H and O–H groups in total. The number of nitrogens with one attached hydrogen (secondary N) is 1. The lowest BCUT2D eigenvalue weighted by Gasteiger charge is -2.26. The van der Waals surface area contributed by atoms with Crippen molar-refractivity contribution < 1.29 is 14.3 Å². The fourth-order valence-corrected chi connectivity index (χ4v) is 2.99. The van der Waals surface area contributed by atoms with Crippen LogP contribution in [0.25, 0.3) is 0 Å². The number of tetrazole rings is 1. The van der Waals surface area contributed by atoms with Gasteiger partial charge in [-0.05, 0) is 61.5 Å². The third kappa shape index (κ3) is 5.74. The van der Waals surface area contributed by atoms with Gasteiger partial charge in [-0.15, -0.1) is 5.10 Å². The zero-order valence-electron chi connectivity index (χ0n) is 16.5. The van der Waals surface area contributed by atoms with E-state index in [1.807, 2.05) is 13.8 Å². The number of benzene rings is 1. The molecule has 0 radical (unpaired) electrons. The van der Waals surface area contributed by atoms with Crippen LogP contribution in [0.3, 0.4) is 0 Å². The molecule has 0 saturated carbocycles. The van der Waals surface area contributed by atoms with Crippen LogP contribution in [-0.4, -0.2) is 70.4 Å². The second-order valence-electron chi connectivity index (χ2n) is 7.01. The standard InChI is InChI=1S/C19H28N6O3/c1-15(2)25-18(21-22-23-25)14-28-17-6-4-16(5-7-17)19(26)20-8-3-9-24-10-12-27-13-11-24/h4-7,15H,3,8-14H2,1-2H3,(H,20,26). The summed E-state index contributed by atoms with van der Waals surface area (Å²) < 4.78 is 12.8. The number of hydrogen-bond acceptors (Lipinski definition) is 7. The summed E-state index contributed by atoms with van der Waals surface area (Å²) in [5.74, 6) is 1.26. The van der Waals surface area contributed by atoms with Gasteiger partial charge in [0.05, 0.1) is 19.3 Å². The molecule has 2 aromatic rings. The van der Waals surface area contributed by atoms with Crippen LogP contribution in [0.4, 0.5) is 0 Å². The second-order valence-corrected chi connectivity index (χ2v) is 7.01. The van der Waals surface area contributed by atoms with E-state index in [1.165, 1.54) is 0 Å². The second kappa shape index (κ2) is 10.1. The SMILES string of the molecule is CC(C)n1nnnc1COc1ccc(C(=O)NCCCN2CCOCC2)cc1. The van der Waals surface area contributed by atoms with Crippen molar-refractivity contribution in [3.63, 3.8) is 0 Å². The topological polar surface area (TPSA) is 94.4 Å². The molecule has 1 aromatic heterocycles. The van der Waals surface area contributed by atoms with Gasteiger partial charge in [-0.3, -0.25) is 9.69 Å². The Morgan fingerprint density at radius 3 is 2.71 bits per heavy atom. The summed E-state index contributed by atoms with van der Waals surface area (Å²) in [5.41, 5.74) is 0.616. The van der Waals surface area contributed by atoms with Crippen LogP contribution in [0.2, 0.25) is 0 Å². The average Bonchev–Trinajstić information content (AvgIpc) is 3.20. The van der Waals surface area contributed by atoms with Crippen molar-refractivity contribution in [1.29, 1.82) is 0 Å². The fourth-order valence-electron chi connectivity index (χ4n) is 2.99. The van der Waals surface area contributed by atoms with Crippen molar-refractivity contribution in [2.24, 2.45) is 0 Å². The van der Waals surface area contributed by atoms with Crippen LogP contribution in [0, 0.1) is 0 Å². The average molecular weight is 388 g/mol. The zero-order chi connectivity index (χ0) is 19.8. The molecule has 9 heteroatoms. The van der Waals surface area contributed by atoms with Gasteiger partial charge in [0.2, 0.25) is 0 Å². The van der Waals surface area contributed by atoms with Gasteiger partial charge in [0.25, 0.3) is 5.91 Å². The highest BCUT2D eigenvalue weighted by atomic mass is 16.5. The normalized spacial score (nSPS) is 15.0. The minimum Gasteiger partial charge on any atom is -0.486 e. The maximum absolute atomic E-state index is 12.3. The number of carbonyl (C=O) groups is 1. The van der Waals surface area contributed by atoms with E-state index >= 15 is 0 Å². The third-order valence-electron chi connectivity index (χ3n) is 4.57. The molecule has 0 unspecified atom stereocenters. The van der Waals surface area contributed by atoms with E-state index in [2.05, 4.69) is 25.7 Å². The molecule has 1 aromatic carbocycles. The smallest absolute Gasteiger partial charge is 0.251 e. The summed E-state index contributed by atoms with van der Waals surface area (Å²) in [6.45, 7) is 9.47. The number of amides is 1. The predicted octanol–water partition coefficient (Wildman–Crippen LogP) is 1.29. The van der Waals surface area contributed by atoms with Crippen LogP contribution < -0.4 is 10.1 Å². The van der Waals surface area contributed by atoms with E-state index in [4.69, 9.17) is 9.47 Å². The maximum Gasteiger partial charge on any atom is 0.251 e. The third-order valence-corrected chi connectivity index (χ3v) is 4.57. The molecule has 1 amide bonds. The van der Waals surface area contributed by atoms with Crippen molar-refractivity contribution in [3.05, 3.63) is 35.7 Å². The highest BCUT2D eigenvalue weighted by Crippen LogP contribution is 2.14. The molecular formula is C19H28N6O3. The highest BCUT2D eigenvalue weighted by Gasteiger charge is 2.11. The van der Waals surface area contributed by atoms with Gasteiger partial charge in [-0.25, -0.2) is 4.68 Å². The van der Waals surface area contributed by atoms with Gasteiger partial charge in [0.15, 0.2) is 5.82 Å². The van der Waals surface area contributed by atoms with Gasteiger partial charge >= 0.3 is 0 Å². The van der Waals surface area contributed by atoms with Crippen molar-refractivity contribution in [2.75, 3.05) is 39.4 Å². The fraction of sp³-hybridized carbons (Fsp3) is 0.579. The number of hydrogen-bond donors (Lipinski definition) is 1. The van der Waals surface area contributed by atoms with E-state index in [0.29, 0.717) is 23.7 Å². The Labute approximate surface area is 165 Å². The Hall–Kier alpha value is -2.52. The molecule has 9 nitrogen and oxygen atoms in total. The molecule has 1 aliphatic rings. The van der Waals surface area contributed by atoms with E-state index in [0.717, 1.165) is 39.3 Å². The molecule has 3 rings (SSSR count). The molecule has 0 bridgehead atoms. The summed E-state index contributed by atoms with van der Waals surface area (Å²) in [6, 6.07) is 7.26. The summed E-state index contributed by atoms with van der Waals surface area (Å²) in [6.07, 6.45) is 0.928. The predicted molar refractivity (Wildman–Crippen MR) is 103 cm³/mol.